The second-order valence-corrected chi connectivity index (χ2v) is 5.98. The summed E-state index contributed by atoms with van der Waals surface area (Å²) in [6.07, 6.45) is 2.10. The number of carbonyl (C=O) groups excluding carboxylic acids is 1. The van der Waals surface area contributed by atoms with E-state index in [0.717, 1.165) is 23.9 Å². The van der Waals surface area contributed by atoms with Gasteiger partial charge in [0, 0.05) is 6.04 Å². The number of hydrogen-bond acceptors (Lipinski definition) is 3. The van der Waals surface area contributed by atoms with Crippen molar-refractivity contribution in [2.75, 3.05) is 0 Å². The summed E-state index contributed by atoms with van der Waals surface area (Å²) >= 11 is 6.17. The van der Waals surface area contributed by atoms with E-state index in [9.17, 15) is 4.79 Å². The van der Waals surface area contributed by atoms with Crippen LogP contribution < -0.4 is 5.32 Å². The molecule has 0 bridgehead atoms. The second-order valence-electron chi connectivity index (χ2n) is 5.33. The lowest BCUT2D eigenvalue weighted by Crippen LogP contribution is -2.29. The molecule has 1 aliphatic rings. The maximum atomic E-state index is 12.1. The van der Waals surface area contributed by atoms with Crippen LogP contribution >= 0.6 is 11.6 Å². The smallest absolute Gasteiger partial charge is 0.240 e. The Bertz CT molecular complexity index is 740. The number of hydrogen-bond donors (Lipinski definition) is 1. The van der Waals surface area contributed by atoms with E-state index < -0.39 is 0 Å². The van der Waals surface area contributed by atoms with Gasteiger partial charge >= 0.3 is 0 Å². The average molecular weight is 303 g/mol. The SMILES string of the molecule is CC(Cl)c1nc2ccc(C#N)cc2n1CC(=O)NC1CC1. The Morgan fingerprint density at radius 3 is 3.00 bits per heavy atom. The fraction of sp³-hybridized carbons (Fsp3) is 0.400. The molecule has 1 atom stereocenters. The van der Waals surface area contributed by atoms with E-state index in [1.165, 1.54) is 0 Å². The zero-order valence-electron chi connectivity index (χ0n) is 11.6. The van der Waals surface area contributed by atoms with Crippen LogP contribution in [0.25, 0.3) is 11.0 Å². The summed E-state index contributed by atoms with van der Waals surface area (Å²) in [5.41, 5.74) is 2.05. The summed E-state index contributed by atoms with van der Waals surface area (Å²) in [5, 5.41) is 11.7. The molecule has 0 saturated heterocycles. The minimum atomic E-state index is -0.309. The Labute approximate surface area is 127 Å². The molecule has 2 aromatic rings. The van der Waals surface area contributed by atoms with Crippen LogP contribution in [0, 0.1) is 11.3 Å². The first-order valence-corrected chi connectivity index (χ1v) is 7.36. The molecule has 1 saturated carbocycles. The summed E-state index contributed by atoms with van der Waals surface area (Å²) in [4.78, 5) is 16.5. The lowest BCUT2D eigenvalue weighted by atomic mass is 10.2. The third-order valence-corrected chi connectivity index (χ3v) is 3.70. The zero-order valence-corrected chi connectivity index (χ0v) is 12.4. The molecule has 0 spiro atoms. The molecule has 1 aliphatic carbocycles. The van der Waals surface area contributed by atoms with Gasteiger partial charge in [0.25, 0.3) is 0 Å². The van der Waals surface area contributed by atoms with Crippen molar-refractivity contribution in [2.45, 2.75) is 37.7 Å². The van der Waals surface area contributed by atoms with E-state index >= 15 is 0 Å². The van der Waals surface area contributed by atoms with Crippen LogP contribution in [0.15, 0.2) is 18.2 Å². The number of nitrogens with zero attached hydrogens (tertiary/aromatic N) is 3. The molecule has 1 N–H and O–H groups in total. The van der Waals surface area contributed by atoms with E-state index in [-0.39, 0.29) is 17.8 Å². The summed E-state index contributed by atoms with van der Waals surface area (Å²) in [5.74, 6) is 0.602. The first-order chi connectivity index (χ1) is 10.1. The zero-order chi connectivity index (χ0) is 15.0. The van der Waals surface area contributed by atoms with Gasteiger partial charge in [-0.2, -0.15) is 5.26 Å². The normalized spacial score (nSPS) is 15.7. The number of imidazole rings is 1. The molecule has 1 unspecified atom stereocenters. The number of alkyl halides is 1. The number of rotatable bonds is 4. The molecule has 5 nitrogen and oxygen atoms in total. The van der Waals surface area contributed by atoms with Crippen LogP contribution in [0.3, 0.4) is 0 Å². The summed E-state index contributed by atoms with van der Waals surface area (Å²) < 4.78 is 1.80. The summed E-state index contributed by atoms with van der Waals surface area (Å²) in [7, 11) is 0. The van der Waals surface area contributed by atoms with Gasteiger partial charge in [0.1, 0.15) is 12.4 Å². The lowest BCUT2D eigenvalue weighted by Gasteiger charge is -2.10. The van der Waals surface area contributed by atoms with Crippen molar-refractivity contribution in [3.63, 3.8) is 0 Å². The third-order valence-electron chi connectivity index (χ3n) is 3.51. The van der Waals surface area contributed by atoms with Crippen molar-refractivity contribution in [3.8, 4) is 6.07 Å². The van der Waals surface area contributed by atoms with E-state index in [4.69, 9.17) is 16.9 Å². The molecular formula is C15H15ClN4O. The van der Waals surface area contributed by atoms with E-state index in [1.807, 2.05) is 6.92 Å². The Kier molecular flexibility index (Phi) is 3.56. The van der Waals surface area contributed by atoms with Crippen LogP contribution in [-0.4, -0.2) is 21.5 Å². The molecule has 0 aliphatic heterocycles. The van der Waals surface area contributed by atoms with Gasteiger partial charge in [0.05, 0.1) is 28.0 Å². The number of nitrogens with one attached hydrogen (secondary N) is 1. The first kappa shape index (κ1) is 13.9. The highest BCUT2D eigenvalue weighted by molar-refractivity contribution is 6.20. The van der Waals surface area contributed by atoms with Crippen LogP contribution in [0.2, 0.25) is 0 Å². The van der Waals surface area contributed by atoms with Crippen molar-refractivity contribution >= 4 is 28.5 Å². The van der Waals surface area contributed by atoms with Gasteiger partial charge in [-0.3, -0.25) is 4.79 Å². The number of halogens is 1. The molecule has 1 heterocycles. The Balaban J connectivity index is 2.01. The molecular weight excluding hydrogens is 288 g/mol. The van der Waals surface area contributed by atoms with Gasteiger partial charge in [0.2, 0.25) is 5.91 Å². The highest BCUT2D eigenvalue weighted by Crippen LogP contribution is 2.25. The van der Waals surface area contributed by atoms with E-state index in [2.05, 4.69) is 16.4 Å². The molecule has 1 amide bonds. The minimum absolute atomic E-state index is 0.0438. The lowest BCUT2D eigenvalue weighted by molar-refractivity contribution is -0.121. The standard InChI is InChI=1S/C15H15ClN4O/c1-9(16)15-19-12-5-2-10(7-17)6-13(12)20(15)8-14(21)18-11-3-4-11/h2,5-6,9,11H,3-4,8H2,1H3,(H,18,21). The largest absolute Gasteiger partial charge is 0.352 e. The maximum Gasteiger partial charge on any atom is 0.240 e. The molecule has 1 aromatic heterocycles. The Morgan fingerprint density at radius 1 is 1.62 bits per heavy atom. The Hall–Kier alpha value is -2.06. The average Bonchev–Trinajstić information content (AvgIpc) is 3.19. The third kappa shape index (κ3) is 2.86. The van der Waals surface area contributed by atoms with Crippen LogP contribution in [0.1, 0.15) is 36.5 Å². The molecule has 3 rings (SSSR count). The number of benzene rings is 1. The monoisotopic (exact) mass is 302 g/mol. The molecule has 6 heteroatoms. The van der Waals surface area contributed by atoms with Gasteiger partial charge in [-0.15, -0.1) is 11.6 Å². The van der Waals surface area contributed by atoms with Gasteiger partial charge < -0.3 is 9.88 Å². The van der Waals surface area contributed by atoms with Crippen molar-refractivity contribution in [3.05, 3.63) is 29.6 Å². The number of fused-ring (bicyclic) bond motifs is 1. The van der Waals surface area contributed by atoms with Crippen molar-refractivity contribution in [2.24, 2.45) is 0 Å². The van der Waals surface area contributed by atoms with Crippen LogP contribution in [-0.2, 0) is 11.3 Å². The number of amides is 1. The second kappa shape index (κ2) is 5.38. The number of carbonyl (C=O) groups is 1. The highest BCUT2D eigenvalue weighted by atomic mass is 35.5. The highest BCUT2D eigenvalue weighted by Gasteiger charge is 2.24. The topological polar surface area (TPSA) is 70.7 Å². The predicted molar refractivity (Wildman–Crippen MR) is 79.9 cm³/mol. The molecule has 1 aromatic carbocycles. The van der Waals surface area contributed by atoms with Crippen molar-refractivity contribution in [1.29, 1.82) is 5.26 Å². The van der Waals surface area contributed by atoms with Gasteiger partial charge in [-0.1, -0.05) is 0 Å². The minimum Gasteiger partial charge on any atom is -0.352 e. The van der Waals surface area contributed by atoms with Crippen molar-refractivity contribution < 1.29 is 4.79 Å². The fourth-order valence-corrected chi connectivity index (χ4v) is 2.49. The Morgan fingerprint density at radius 2 is 2.38 bits per heavy atom. The predicted octanol–water partition coefficient (Wildman–Crippen LogP) is 2.49. The molecule has 1 fully saturated rings. The quantitative estimate of drug-likeness (QED) is 0.882. The maximum absolute atomic E-state index is 12.1. The van der Waals surface area contributed by atoms with Gasteiger partial charge in [-0.25, -0.2) is 4.98 Å². The number of aromatic nitrogens is 2. The van der Waals surface area contributed by atoms with Crippen LogP contribution in [0.5, 0.6) is 0 Å². The number of nitriles is 1. The van der Waals surface area contributed by atoms with E-state index in [0.29, 0.717) is 17.4 Å². The van der Waals surface area contributed by atoms with Crippen LogP contribution in [0.4, 0.5) is 0 Å². The fourth-order valence-electron chi connectivity index (χ4n) is 2.33. The molecule has 21 heavy (non-hydrogen) atoms. The molecule has 0 radical (unpaired) electrons. The van der Waals surface area contributed by atoms with E-state index in [1.54, 1.807) is 22.8 Å². The van der Waals surface area contributed by atoms with Gasteiger partial charge in [-0.05, 0) is 38.0 Å². The first-order valence-electron chi connectivity index (χ1n) is 6.92. The summed E-state index contributed by atoms with van der Waals surface area (Å²) in [6, 6.07) is 7.67. The van der Waals surface area contributed by atoms with Gasteiger partial charge in [0.15, 0.2) is 0 Å². The van der Waals surface area contributed by atoms with Crippen molar-refractivity contribution in [1.82, 2.24) is 14.9 Å². The molecule has 108 valence electrons. The summed E-state index contributed by atoms with van der Waals surface area (Å²) in [6.45, 7) is 2.00.